The van der Waals surface area contributed by atoms with E-state index in [-0.39, 0.29) is 24.4 Å². The molecule has 0 saturated carbocycles. The highest BCUT2D eigenvalue weighted by molar-refractivity contribution is 5.97. The average molecular weight is 421 g/mol. The lowest BCUT2D eigenvalue weighted by Gasteiger charge is -2.36. The summed E-state index contributed by atoms with van der Waals surface area (Å²) < 4.78 is 13.3. The predicted octanol–water partition coefficient (Wildman–Crippen LogP) is 2.89. The summed E-state index contributed by atoms with van der Waals surface area (Å²) in [6.07, 6.45) is 7.06. The van der Waals surface area contributed by atoms with E-state index in [4.69, 9.17) is 9.47 Å². The number of nitrogens with zero attached hydrogens (tertiary/aromatic N) is 2. The SMILES string of the molecule is Cc1cc(NC(=O)C2(n3cccn3)CCNCC2)ccc1OC1CCOCC1.Cl. The Morgan fingerprint density at radius 2 is 2.07 bits per heavy atom. The van der Waals surface area contributed by atoms with Gasteiger partial charge in [-0.15, -0.1) is 12.4 Å². The molecule has 2 aliphatic rings. The Labute approximate surface area is 177 Å². The van der Waals surface area contributed by atoms with Gasteiger partial charge in [-0.2, -0.15) is 5.10 Å². The molecule has 7 nitrogen and oxygen atoms in total. The first-order chi connectivity index (χ1) is 13.7. The van der Waals surface area contributed by atoms with E-state index in [1.807, 2.05) is 37.4 Å². The lowest BCUT2D eigenvalue weighted by molar-refractivity contribution is -0.126. The van der Waals surface area contributed by atoms with Crippen LogP contribution < -0.4 is 15.4 Å². The van der Waals surface area contributed by atoms with E-state index in [0.717, 1.165) is 56.1 Å². The number of amides is 1. The van der Waals surface area contributed by atoms with Crippen LogP contribution in [0.1, 0.15) is 31.2 Å². The Morgan fingerprint density at radius 1 is 1.31 bits per heavy atom. The van der Waals surface area contributed by atoms with Crippen molar-refractivity contribution in [1.29, 1.82) is 0 Å². The maximum absolute atomic E-state index is 13.3. The highest BCUT2D eigenvalue weighted by Crippen LogP contribution is 2.30. The van der Waals surface area contributed by atoms with Gasteiger partial charge in [0.15, 0.2) is 0 Å². The molecule has 0 atom stereocenters. The normalized spacial score (nSPS) is 19.2. The zero-order chi connectivity index (χ0) is 19.4. The van der Waals surface area contributed by atoms with Gasteiger partial charge in [-0.1, -0.05) is 0 Å². The zero-order valence-electron chi connectivity index (χ0n) is 16.7. The summed E-state index contributed by atoms with van der Waals surface area (Å²) >= 11 is 0. The molecule has 2 aromatic rings. The quantitative estimate of drug-likeness (QED) is 0.777. The molecule has 2 fully saturated rings. The summed E-state index contributed by atoms with van der Waals surface area (Å²) in [7, 11) is 0. The van der Waals surface area contributed by atoms with Gasteiger partial charge in [0.25, 0.3) is 5.91 Å². The van der Waals surface area contributed by atoms with Crippen LogP contribution >= 0.6 is 12.4 Å². The summed E-state index contributed by atoms with van der Waals surface area (Å²) in [5.41, 5.74) is 1.15. The number of hydrogen-bond donors (Lipinski definition) is 2. The van der Waals surface area contributed by atoms with E-state index in [2.05, 4.69) is 15.7 Å². The number of nitrogens with one attached hydrogen (secondary N) is 2. The summed E-state index contributed by atoms with van der Waals surface area (Å²) in [6, 6.07) is 7.70. The van der Waals surface area contributed by atoms with Crippen molar-refractivity contribution < 1.29 is 14.3 Å². The molecule has 3 heterocycles. The largest absolute Gasteiger partial charge is 0.490 e. The number of halogens is 1. The molecule has 2 saturated heterocycles. The molecule has 2 N–H and O–H groups in total. The van der Waals surface area contributed by atoms with Gasteiger partial charge in [-0.3, -0.25) is 9.48 Å². The molecule has 2 aliphatic heterocycles. The fourth-order valence-corrected chi connectivity index (χ4v) is 4.00. The van der Waals surface area contributed by atoms with Crippen molar-refractivity contribution in [3.05, 3.63) is 42.2 Å². The summed E-state index contributed by atoms with van der Waals surface area (Å²) in [4.78, 5) is 13.3. The maximum Gasteiger partial charge on any atom is 0.252 e. The zero-order valence-corrected chi connectivity index (χ0v) is 17.5. The van der Waals surface area contributed by atoms with Crippen LogP contribution in [0.3, 0.4) is 0 Å². The minimum absolute atomic E-state index is 0. The van der Waals surface area contributed by atoms with Crippen molar-refractivity contribution in [2.24, 2.45) is 0 Å². The fraction of sp³-hybridized carbons (Fsp3) is 0.524. The number of piperidine rings is 1. The van der Waals surface area contributed by atoms with Crippen LogP contribution in [0.4, 0.5) is 5.69 Å². The standard InChI is InChI=1S/C21H28N4O3.ClH/c1-16-15-17(3-4-19(16)28-18-5-13-27-14-6-18)24-20(26)21(7-10-22-11-8-21)25-12-2-9-23-25;/h2-4,9,12,15,18,22H,5-8,10-11,13-14H2,1H3,(H,24,26);1H. The lowest BCUT2D eigenvalue weighted by atomic mass is 9.87. The van der Waals surface area contributed by atoms with Gasteiger partial charge in [0, 0.05) is 30.9 Å². The summed E-state index contributed by atoms with van der Waals surface area (Å²) in [5.74, 6) is 0.851. The number of benzene rings is 1. The first-order valence-electron chi connectivity index (χ1n) is 10.0. The number of hydrogen-bond acceptors (Lipinski definition) is 5. The van der Waals surface area contributed by atoms with Gasteiger partial charge in [0.05, 0.1) is 13.2 Å². The van der Waals surface area contributed by atoms with Crippen molar-refractivity contribution in [3.63, 3.8) is 0 Å². The average Bonchev–Trinajstić information content (AvgIpc) is 3.27. The predicted molar refractivity (Wildman–Crippen MR) is 114 cm³/mol. The number of carbonyl (C=O) groups is 1. The van der Waals surface area contributed by atoms with Gasteiger partial charge in [-0.05, 0) is 62.7 Å². The molecule has 1 aromatic heterocycles. The molecular weight excluding hydrogens is 392 g/mol. The summed E-state index contributed by atoms with van der Waals surface area (Å²) in [5, 5.41) is 10.8. The second-order valence-electron chi connectivity index (χ2n) is 7.60. The molecule has 0 unspecified atom stereocenters. The van der Waals surface area contributed by atoms with Crippen LogP contribution in [0.15, 0.2) is 36.7 Å². The fourth-order valence-electron chi connectivity index (χ4n) is 4.00. The topological polar surface area (TPSA) is 77.4 Å². The van der Waals surface area contributed by atoms with Gasteiger partial charge >= 0.3 is 0 Å². The van der Waals surface area contributed by atoms with Crippen molar-refractivity contribution in [3.8, 4) is 5.75 Å². The van der Waals surface area contributed by atoms with E-state index >= 15 is 0 Å². The Balaban J connectivity index is 0.00000240. The number of anilines is 1. The molecule has 1 amide bonds. The van der Waals surface area contributed by atoms with Crippen LogP contribution in [-0.2, 0) is 15.1 Å². The van der Waals surface area contributed by atoms with Crippen LogP contribution in [0.2, 0.25) is 0 Å². The molecular formula is C21H29ClN4O3. The first-order valence-corrected chi connectivity index (χ1v) is 10.0. The monoisotopic (exact) mass is 420 g/mol. The molecule has 29 heavy (non-hydrogen) atoms. The molecule has 4 rings (SSSR count). The van der Waals surface area contributed by atoms with Crippen LogP contribution in [-0.4, -0.2) is 48.1 Å². The van der Waals surface area contributed by atoms with E-state index in [9.17, 15) is 4.79 Å². The molecule has 0 radical (unpaired) electrons. The lowest BCUT2D eigenvalue weighted by Crippen LogP contribution is -2.52. The van der Waals surface area contributed by atoms with Crippen molar-refractivity contribution >= 4 is 24.0 Å². The third-order valence-electron chi connectivity index (χ3n) is 5.69. The van der Waals surface area contributed by atoms with E-state index < -0.39 is 5.54 Å². The van der Waals surface area contributed by atoms with Gasteiger partial charge in [0.2, 0.25) is 0 Å². The highest BCUT2D eigenvalue weighted by atomic mass is 35.5. The third kappa shape index (κ3) is 4.74. The Morgan fingerprint density at radius 3 is 2.72 bits per heavy atom. The van der Waals surface area contributed by atoms with E-state index in [1.54, 1.807) is 10.9 Å². The molecule has 158 valence electrons. The van der Waals surface area contributed by atoms with E-state index in [1.165, 1.54) is 0 Å². The van der Waals surface area contributed by atoms with Gasteiger partial charge in [-0.25, -0.2) is 0 Å². The molecule has 0 spiro atoms. The highest BCUT2D eigenvalue weighted by Gasteiger charge is 2.42. The molecule has 0 aliphatic carbocycles. The Bertz CT molecular complexity index is 800. The molecule has 0 bridgehead atoms. The van der Waals surface area contributed by atoms with Crippen molar-refractivity contribution in [2.45, 2.75) is 44.2 Å². The Kier molecular flexibility index (Phi) is 7.16. The molecule has 8 heteroatoms. The smallest absolute Gasteiger partial charge is 0.252 e. The maximum atomic E-state index is 13.3. The van der Waals surface area contributed by atoms with Crippen LogP contribution in [0.5, 0.6) is 5.75 Å². The minimum atomic E-state index is -0.653. The van der Waals surface area contributed by atoms with Crippen molar-refractivity contribution in [2.75, 3.05) is 31.6 Å². The minimum Gasteiger partial charge on any atom is -0.490 e. The van der Waals surface area contributed by atoms with Crippen molar-refractivity contribution in [1.82, 2.24) is 15.1 Å². The second kappa shape index (κ2) is 9.61. The molecule has 1 aromatic carbocycles. The van der Waals surface area contributed by atoms with Gasteiger partial charge in [0.1, 0.15) is 17.4 Å². The van der Waals surface area contributed by atoms with E-state index in [0.29, 0.717) is 12.8 Å². The number of aromatic nitrogens is 2. The van der Waals surface area contributed by atoms with Gasteiger partial charge < -0.3 is 20.1 Å². The van der Waals surface area contributed by atoms with Crippen LogP contribution in [0, 0.1) is 6.92 Å². The number of rotatable bonds is 5. The first kappa shape index (κ1) is 21.6. The summed E-state index contributed by atoms with van der Waals surface area (Å²) in [6.45, 7) is 5.11. The number of ether oxygens (including phenoxy) is 2. The van der Waals surface area contributed by atoms with Crippen LogP contribution in [0.25, 0.3) is 0 Å². The second-order valence-corrected chi connectivity index (χ2v) is 7.60. The number of aryl methyl sites for hydroxylation is 1. The Hall–Kier alpha value is -2.09. The number of carbonyl (C=O) groups excluding carboxylic acids is 1. The third-order valence-corrected chi connectivity index (χ3v) is 5.69.